The van der Waals surface area contributed by atoms with Crippen LogP contribution in [0.25, 0.3) is 6.08 Å². The molecule has 0 bridgehead atoms. The summed E-state index contributed by atoms with van der Waals surface area (Å²) in [5, 5.41) is 8.58. The Morgan fingerprint density at radius 3 is 2.57 bits per heavy atom. The Bertz CT molecular complexity index is 771. The predicted molar refractivity (Wildman–Crippen MR) is 78.2 cm³/mol. The van der Waals surface area contributed by atoms with E-state index in [0.29, 0.717) is 11.3 Å². The number of carboxylic acids is 1. The van der Waals surface area contributed by atoms with Crippen LogP contribution in [0.5, 0.6) is 0 Å². The van der Waals surface area contributed by atoms with Gasteiger partial charge in [-0.1, -0.05) is 12.1 Å². The number of benzene rings is 1. The van der Waals surface area contributed by atoms with Crippen LogP contribution in [0, 0.1) is 0 Å². The molecular formula is C14H12N2O4S. The monoisotopic (exact) mass is 304 g/mol. The second-order valence-corrected chi connectivity index (χ2v) is 5.77. The zero-order valence-corrected chi connectivity index (χ0v) is 11.6. The smallest absolute Gasteiger partial charge is 0.328 e. The summed E-state index contributed by atoms with van der Waals surface area (Å²) in [5.41, 5.74) is 0.881. The number of aromatic nitrogens is 1. The molecule has 7 heteroatoms. The Morgan fingerprint density at radius 2 is 1.90 bits per heavy atom. The van der Waals surface area contributed by atoms with Gasteiger partial charge in [-0.15, -0.1) is 0 Å². The van der Waals surface area contributed by atoms with Crippen LogP contribution < -0.4 is 4.72 Å². The molecule has 0 fully saturated rings. The van der Waals surface area contributed by atoms with Crippen LogP contribution in [0.3, 0.4) is 0 Å². The van der Waals surface area contributed by atoms with Crippen molar-refractivity contribution in [3.8, 4) is 0 Å². The molecule has 1 aromatic heterocycles. The van der Waals surface area contributed by atoms with Crippen LogP contribution in [-0.4, -0.2) is 24.5 Å². The number of sulfonamides is 1. The highest BCUT2D eigenvalue weighted by Gasteiger charge is 2.14. The van der Waals surface area contributed by atoms with Crippen molar-refractivity contribution in [3.05, 3.63) is 60.4 Å². The van der Waals surface area contributed by atoms with Gasteiger partial charge in [-0.25, -0.2) is 13.2 Å². The summed E-state index contributed by atoms with van der Waals surface area (Å²) >= 11 is 0. The van der Waals surface area contributed by atoms with Crippen molar-refractivity contribution >= 4 is 27.8 Å². The molecular weight excluding hydrogens is 292 g/mol. The van der Waals surface area contributed by atoms with Crippen molar-refractivity contribution in [1.82, 2.24) is 4.98 Å². The average Bonchev–Trinajstić information content (AvgIpc) is 2.46. The molecule has 2 aromatic rings. The van der Waals surface area contributed by atoms with E-state index in [4.69, 9.17) is 5.11 Å². The summed E-state index contributed by atoms with van der Waals surface area (Å²) in [6.07, 6.45) is 5.23. The van der Waals surface area contributed by atoms with Gasteiger partial charge in [0.25, 0.3) is 10.0 Å². The van der Waals surface area contributed by atoms with Gasteiger partial charge >= 0.3 is 5.97 Å². The van der Waals surface area contributed by atoms with Crippen molar-refractivity contribution < 1.29 is 18.3 Å². The third kappa shape index (κ3) is 4.15. The second kappa shape index (κ2) is 6.19. The molecule has 0 aliphatic heterocycles. The molecule has 0 aliphatic carbocycles. The summed E-state index contributed by atoms with van der Waals surface area (Å²) < 4.78 is 26.9. The van der Waals surface area contributed by atoms with Gasteiger partial charge in [-0.05, 0) is 35.9 Å². The van der Waals surface area contributed by atoms with E-state index in [-0.39, 0.29) is 4.90 Å². The number of hydrogen-bond acceptors (Lipinski definition) is 4. The van der Waals surface area contributed by atoms with Gasteiger partial charge in [0.15, 0.2) is 0 Å². The van der Waals surface area contributed by atoms with Crippen LogP contribution >= 0.6 is 0 Å². The SMILES string of the molecule is O=C(O)C=Cc1cccc(S(=O)(=O)Nc2ccncc2)c1. The topological polar surface area (TPSA) is 96.4 Å². The predicted octanol–water partition coefficient (Wildman–Crippen LogP) is 1.98. The molecule has 2 N–H and O–H groups in total. The molecule has 0 unspecified atom stereocenters. The molecule has 0 saturated heterocycles. The van der Waals surface area contributed by atoms with Crippen molar-refractivity contribution in [2.45, 2.75) is 4.90 Å². The maximum Gasteiger partial charge on any atom is 0.328 e. The number of nitrogens with zero attached hydrogens (tertiary/aromatic N) is 1. The summed E-state index contributed by atoms with van der Waals surface area (Å²) in [6, 6.07) is 9.05. The fourth-order valence-corrected chi connectivity index (χ4v) is 2.70. The largest absolute Gasteiger partial charge is 0.478 e. The lowest BCUT2D eigenvalue weighted by Gasteiger charge is -2.08. The van der Waals surface area contributed by atoms with Crippen molar-refractivity contribution in [2.24, 2.45) is 0 Å². The van der Waals surface area contributed by atoms with Gasteiger partial charge in [0.05, 0.1) is 10.6 Å². The number of rotatable bonds is 5. The molecule has 1 heterocycles. The Balaban J connectivity index is 2.28. The Labute approximate surface area is 121 Å². The standard InChI is InChI=1S/C14H12N2O4S/c17-14(18)5-4-11-2-1-3-13(10-11)21(19,20)16-12-6-8-15-9-7-12/h1-10H,(H,15,16)(H,17,18). The van der Waals surface area contributed by atoms with E-state index in [1.807, 2.05) is 0 Å². The molecule has 108 valence electrons. The lowest BCUT2D eigenvalue weighted by molar-refractivity contribution is -0.131. The van der Waals surface area contributed by atoms with Crippen LogP contribution in [-0.2, 0) is 14.8 Å². The van der Waals surface area contributed by atoms with E-state index in [2.05, 4.69) is 9.71 Å². The van der Waals surface area contributed by atoms with E-state index in [1.165, 1.54) is 42.7 Å². The van der Waals surface area contributed by atoms with Crippen molar-refractivity contribution in [3.63, 3.8) is 0 Å². The number of hydrogen-bond donors (Lipinski definition) is 2. The number of nitrogens with one attached hydrogen (secondary N) is 1. The molecule has 0 amide bonds. The number of anilines is 1. The first-order valence-electron chi connectivity index (χ1n) is 5.91. The zero-order chi connectivity index (χ0) is 15.3. The first kappa shape index (κ1) is 14.7. The van der Waals surface area contributed by atoms with Gasteiger partial charge in [-0.2, -0.15) is 0 Å². The quantitative estimate of drug-likeness (QED) is 0.823. The van der Waals surface area contributed by atoms with Crippen LogP contribution in [0.2, 0.25) is 0 Å². The number of carbonyl (C=O) groups is 1. The van der Waals surface area contributed by atoms with Gasteiger partial charge in [0, 0.05) is 18.5 Å². The van der Waals surface area contributed by atoms with E-state index in [9.17, 15) is 13.2 Å². The third-order valence-electron chi connectivity index (χ3n) is 2.52. The zero-order valence-electron chi connectivity index (χ0n) is 10.8. The van der Waals surface area contributed by atoms with Gasteiger partial charge < -0.3 is 5.11 Å². The first-order valence-corrected chi connectivity index (χ1v) is 7.39. The fraction of sp³-hybridized carbons (Fsp3) is 0. The molecule has 0 radical (unpaired) electrons. The number of pyridine rings is 1. The summed E-state index contributed by atoms with van der Waals surface area (Å²) in [4.78, 5) is 14.3. The number of aliphatic carboxylic acids is 1. The van der Waals surface area contributed by atoms with E-state index in [0.717, 1.165) is 6.08 Å². The van der Waals surface area contributed by atoms with Gasteiger partial charge in [-0.3, -0.25) is 9.71 Å². The lowest BCUT2D eigenvalue weighted by Crippen LogP contribution is -2.12. The molecule has 1 aromatic carbocycles. The second-order valence-electron chi connectivity index (χ2n) is 4.09. The minimum absolute atomic E-state index is 0.0480. The normalized spacial score (nSPS) is 11.4. The average molecular weight is 304 g/mol. The van der Waals surface area contributed by atoms with Crippen LogP contribution in [0.4, 0.5) is 5.69 Å². The summed E-state index contributed by atoms with van der Waals surface area (Å²) in [6.45, 7) is 0. The Morgan fingerprint density at radius 1 is 1.19 bits per heavy atom. The minimum Gasteiger partial charge on any atom is -0.478 e. The highest BCUT2D eigenvalue weighted by atomic mass is 32.2. The van der Waals surface area contributed by atoms with E-state index < -0.39 is 16.0 Å². The Kier molecular flexibility index (Phi) is 4.34. The third-order valence-corrected chi connectivity index (χ3v) is 3.90. The summed E-state index contributed by atoms with van der Waals surface area (Å²) in [7, 11) is -3.73. The van der Waals surface area contributed by atoms with Crippen LogP contribution in [0.1, 0.15) is 5.56 Å². The Hall–Kier alpha value is -2.67. The molecule has 6 nitrogen and oxygen atoms in total. The molecule has 0 saturated carbocycles. The van der Waals surface area contributed by atoms with Gasteiger partial charge in [0.2, 0.25) is 0 Å². The highest BCUT2D eigenvalue weighted by molar-refractivity contribution is 7.92. The molecule has 0 atom stereocenters. The van der Waals surface area contributed by atoms with Crippen molar-refractivity contribution in [2.75, 3.05) is 4.72 Å². The number of carboxylic acid groups (broad SMARTS) is 1. The summed E-state index contributed by atoms with van der Waals surface area (Å²) in [5.74, 6) is -1.10. The molecule has 2 rings (SSSR count). The molecule has 0 aliphatic rings. The lowest BCUT2D eigenvalue weighted by atomic mass is 10.2. The van der Waals surface area contributed by atoms with Gasteiger partial charge in [0.1, 0.15) is 0 Å². The fourth-order valence-electron chi connectivity index (χ4n) is 1.59. The van der Waals surface area contributed by atoms with E-state index in [1.54, 1.807) is 12.1 Å². The maximum atomic E-state index is 12.2. The maximum absolute atomic E-state index is 12.2. The first-order chi connectivity index (χ1) is 9.97. The molecule has 21 heavy (non-hydrogen) atoms. The van der Waals surface area contributed by atoms with E-state index >= 15 is 0 Å². The van der Waals surface area contributed by atoms with Crippen LogP contribution in [0.15, 0.2) is 59.8 Å². The minimum atomic E-state index is -3.73. The highest BCUT2D eigenvalue weighted by Crippen LogP contribution is 2.17. The van der Waals surface area contributed by atoms with Crippen molar-refractivity contribution in [1.29, 1.82) is 0 Å². The molecule has 0 spiro atoms.